The molecule has 4 rings (SSSR count). The van der Waals surface area contributed by atoms with E-state index in [1.54, 1.807) is 40.7 Å². The zero-order valence-corrected chi connectivity index (χ0v) is 22.0. The molecule has 2 aliphatic heterocycles. The summed E-state index contributed by atoms with van der Waals surface area (Å²) in [4.78, 5) is 54.6. The largest absolute Gasteiger partial charge is 0.446 e. The third-order valence-electron chi connectivity index (χ3n) is 6.66. The molecule has 9 heteroatoms. The van der Waals surface area contributed by atoms with Gasteiger partial charge in [0.1, 0.15) is 0 Å². The number of fused-ring (bicyclic) bond motifs is 1. The van der Waals surface area contributed by atoms with E-state index in [4.69, 9.17) is 4.74 Å². The van der Waals surface area contributed by atoms with Crippen LogP contribution in [0.1, 0.15) is 51.4 Å². The molecule has 196 valence electrons. The smallest absolute Gasteiger partial charge is 0.414 e. The highest BCUT2D eigenvalue weighted by molar-refractivity contribution is 6.03. The van der Waals surface area contributed by atoms with E-state index in [-0.39, 0.29) is 35.9 Å². The zero-order valence-electron chi connectivity index (χ0n) is 22.0. The maximum atomic E-state index is 13.0. The van der Waals surface area contributed by atoms with Crippen LogP contribution in [0.5, 0.6) is 0 Å². The standard InChI is InChI=1S/C28H34N4O5/c1-17(2)37-28(36)31-15-18(3)32(20(5)34)25-11-10-23(14-26(25)31)21-6-8-22(9-7-21)27(35)30-13-12-24(16-30)29-19(4)33/h6-11,14,17-18,24H,12-13,15-16H2,1-5H3,(H,29,33)/t18-,24?/m0/s1. The molecule has 9 nitrogen and oxygen atoms in total. The number of likely N-dealkylation sites (tertiary alicyclic amines) is 1. The van der Waals surface area contributed by atoms with Crippen molar-refractivity contribution in [1.82, 2.24) is 10.2 Å². The number of nitrogens with zero attached hydrogens (tertiary/aromatic N) is 3. The molecular formula is C28H34N4O5. The minimum absolute atomic E-state index is 0.0150. The fourth-order valence-electron chi connectivity index (χ4n) is 5.06. The van der Waals surface area contributed by atoms with E-state index in [0.717, 1.165) is 17.5 Å². The molecule has 1 unspecified atom stereocenters. The van der Waals surface area contributed by atoms with Crippen LogP contribution < -0.4 is 15.1 Å². The number of ether oxygens (including phenoxy) is 1. The molecule has 0 radical (unpaired) electrons. The molecule has 4 amide bonds. The van der Waals surface area contributed by atoms with Crippen LogP contribution in [-0.2, 0) is 14.3 Å². The van der Waals surface area contributed by atoms with E-state index in [0.29, 0.717) is 36.6 Å². The van der Waals surface area contributed by atoms with E-state index >= 15 is 0 Å². The first kappa shape index (κ1) is 26.2. The maximum absolute atomic E-state index is 13.0. The third kappa shape index (κ3) is 5.60. The molecule has 0 aromatic heterocycles. The summed E-state index contributed by atoms with van der Waals surface area (Å²) in [5.74, 6) is -0.256. The zero-order chi connectivity index (χ0) is 26.9. The van der Waals surface area contributed by atoms with Crippen LogP contribution in [0.3, 0.4) is 0 Å². The quantitative estimate of drug-likeness (QED) is 0.680. The van der Waals surface area contributed by atoms with E-state index in [9.17, 15) is 19.2 Å². The Kier molecular flexibility index (Phi) is 7.52. The predicted molar refractivity (Wildman–Crippen MR) is 142 cm³/mol. The van der Waals surface area contributed by atoms with Gasteiger partial charge in [0.15, 0.2) is 0 Å². The molecule has 0 aliphatic carbocycles. The summed E-state index contributed by atoms with van der Waals surface area (Å²) in [6.45, 7) is 9.93. The summed E-state index contributed by atoms with van der Waals surface area (Å²) in [5, 5.41) is 2.87. The van der Waals surface area contributed by atoms with Gasteiger partial charge in [-0.15, -0.1) is 0 Å². The molecule has 1 saturated heterocycles. The molecule has 0 spiro atoms. The highest BCUT2D eigenvalue weighted by Gasteiger charge is 2.35. The summed E-state index contributed by atoms with van der Waals surface area (Å²) in [6.07, 6.45) is 0.0199. The van der Waals surface area contributed by atoms with E-state index in [1.807, 2.05) is 37.3 Å². The Morgan fingerprint density at radius 1 is 0.946 bits per heavy atom. The highest BCUT2D eigenvalue weighted by atomic mass is 16.6. The lowest BCUT2D eigenvalue weighted by atomic mass is 9.99. The molecule has 1 N–H and O–H groups in total. The van der Waals surface area contributed by atoms with Gasteiger partial charge >= 0.3 is 6.09 Å². The molecule has 2 heterocycles. The van der Waals surface area contributed by atoms with Crippen molar-refractivity contribution in [3.05, 3.63) is 48.0 Å². The van der Waals surface area contributed by atoms with Crippen LogP contribution in [0.4, 0.5) is 16.2 Å². The SMILES string of the molecule is CC(=O)NC1CCN(C(=O)c2ccc(-c3ccc4c(c3)N(C(=O)OC(C)C)C[C@H](C)N4C(C)=O)cc2)C1. The van der Waals surface area contributed by atoms with Gasteiger partial charge in [0.2, 0.25) is 11.8 Å². The van der Waals surface area contributed by atoms with E-state index in [1.165, 1.54) is 13.8 Å². The highest BCUT2D eigenvalue weighted by Crippen LogP contribution is 2.39. The minimum atomic E-state index is -0.451. The van der Waals surface area contributed by atoms with Gasteiger partial charge in [-0.05, 0) is 62.6 Å². The van der Waals surface area contributed by atoms with Crippen LogP contribution in [0, 0.1) is 0 Å². The monoisotopic (exact) mass is 506 g/mol. The Morgan fingerprint density at radius 2 is 1.62 bits per heavy atom. The fraction of sp³-hybridized carbons (Fsp3) is 0.429. The molecule has 1 fully saturated rings. The van der Waals surface area contributed by atoms with Crippen LogP contribution in [-0.4, -0.2) is 66.5 Å². The van der Waals surface area contributed by atoms with Crippen molar-refractivity contribution < 1.29 is 23.9 Å². The Balaban J connectivity index is 1.59. The minimum Gasteiger partial charge on any atom is -0.446 e. The first-order valence-corrected chi connectivity index (χ1v) is 12.6. The summed E-state index contributed by atoms with van der Waals surface area (Å²) >= 11 is 0. The van der Waals surface area contributed by atoms with Gasteiger partial charge in [0.05, 0.1) is 23.5 Å². The molecule has 0 saturated carbocycles. The molecule has 2 atom stereocenters. The number of carbonyl (C=O) groups is 4. The summed E-state index contributed by atoms with van der Waals surface area (Å²) in [6, 6.07) is 12.8. The number of amides is 4. The molecule has 2 aromatic carbocycles. The second kappa shape index (κ2) is 10.6. The first-order valence-electron chi connectivity index (χ1n) is 12.6. The lowest BCUT2D eigenvalue weighted by Crippen LogP contribution is -2.51. The lowest BCUT2D eigenvalue weighted by molar-refractivity contribution is -0.119. The van der Waals surface area contributed by atoms with Crippen molar-refractivity contribution in [2.24, 2.45) is 0 Å². The molecule has 2 aliphatic rings. The average Bonchev–Trinajstić information content (AvgIpc) is 3.30. The van der Waals surface area contributed by atoms with Crippen molar-refractivity contribution in [3.8, 4) is 11.1 Å². The molecule has 37 heavy (non-hydrogen) atoms. The molecule has 0 bridgehead atoms. The first-order chi connectivity index (χ1) is 17.5. The number of rotatable bonds is 4. The van der Waals surface area contributed by atoms with Gasteiger partial charge in [-0.3, -0.25) is 19.3 Å². The Hall–Kier alpha value is -3.88. The van der Waals surface area contributed by atoms with Gasteiger partial charge in [0, 0.05) is 45.1 Å². The topological polar surface area (TPSA) is 99.3 Å². The van der Waals surface area contributed by atoms with Gasteiger partial charge in [0.25, 0.3) is 5.91 Å². The number of anilines is 2. The number of benzene rings is 2. The van der Waals surface area contributed by atoms with Crippen LogP contribution in [0.15, 0.2) is 42.5 Å². The van der Waals surface area contributed by atoms with Crippen molar-refractivity contribution in [3.63, 3.8) is 0 Å². The predicted octanol–water partition coefficient (Wildman–Crippen LogP) is 3.81. The van der Waals surface area contributed by atoms with Gasteiger partial charge in [-0.25, -0.2) is 4.79 Å². The Morgan fingerprint density at radius 3 is 2.24 bits per heavy atom. The summed E-state index contributed by atoms with van der Waals surface area (Å²) in [7, 11) is 0. The Bertz CT molecular complexity index is 1210. The fourth-order valence-corrected chi connectivity index (χ4v) is 5.06. The second-order valence-corrected chi connectivity index (χ2v) is 10.00. The van der Waals surface area contributed by atoms with E-state index < -0.39 is 6.09 Å². The van der Waals surface area contributed by atoms with Gasteiger partial charge < -0.3 is 19.9 Å². The van der Waals surface area contributed by atoms with Crippen molar-refractivity contribution in [2.75, 3.05) is 29.4 Å². The van der Waals surface area contributed by atoms with Gasteiger partial charge in [-0.2, -0.15) is 0 Å². The van der Waals surface area contributed by atoms with E-state index in [2.05, 4.69) is 5.32 Å². The van der Waals surface area contributed by atoms with Crippen LogP contribution in [0.2, 0.25) is 0 Å². The van der Waals surface area contributed by atoms with Gasteiger partial charge in [-0.1, -0.05) is 18.2 Å². The normalized spacial score (nSPS) is 19.0. The molecule has 2 aromatic rings. The maximum Gasteiger partial charge on any atom is 0.414 e. The average molecular weight is 507 g/mol. The number of hydrogen-bond donors (Lipinski definition) is 1. The lowest BCUT2D eigenvalue weighted by Gasteiger charge is -2.40. The van der Waals surface area contributed by atoms with Crippen LogP contribution >= 0.6 is 0 Å². The molecular weight excluding hydrogens is 472 g/mol. The summed E-state index contributed by atoms with van der Waals surface area (Å²) in [5.41, 5.74) is 3.57. The summed E-state index contributed by atoms with van der Waals surface area (Å²) < 4.78 is 5.47. The van der Waals surface area contributed by atoms with Crippen molar-refractivity contribution >= 4 is 35.2 Å². The van der Waals surface area contributed by atoms with Crippen molar-refractivity contribution in [1.29, 1.82) is 0 Å². The third-order valence-corrected chi connectivity index (χ3v) is 6.66. The number of carbonyl (C=O) groups excluding carboxylic acids is 4. The van der Waals surface area contributed by atoms with Crippen LogP contribution in [0.25, 0.3) is 11.1 Å². The second-order valence-electron chi connectivity index (χ2n) is 10.00. The Labute approximate surface area is 217 Å². The number of hydrogen-bond acceptors (Lipinski definition) is 5. The van der Waals surface area contributed by atoms with Crippen molar-refractivity contribution in [2.45, 2.75) is 59.2 Å². The number of nitrogens with one attached hydrogen (secondary N) is 1.